The van der Waals surface area contributed by atoms with Crippen molar-refractivity contribution in [2.45, 2.75) is 52.5 Å². The first-order chi connectivity index (χ1) is 9.82. The molecule has 0 radical (unpaired) electrons. The van der Waals surface area contributed by atoms with E-state index in [4.69, 9.17) is 9.63 Å². The first-order valence-electron chi connectivity index (χ1n) is 6.81. The average Bonchev–Trinajstić information content (AvgIpc) is 2.98. The van der Waals surface area contributed by atoms with E-state index in [0.717, 1.165) is 6.42 Å². The zero-order chi connectivity index (χ0) is 15.6. The quantitative estimate of drug-likeness (QED) is 0.893. The Hall–Kier alpha value is -2.25. The summed E-state index contributed by atoms with van der Waals surface area (Å²) in [5, 5.41) is 20.6. The van der Waals surface area contributed by atoms with Gasteiger partial charge in [-0.05, 0) is 6.42 Å². The third-order valence-electron chi connectivity index (χ3n) is 2.95. The third-order valence-corrected chi connectivity index (χ3v) is 2.95. The molecule has 0 fully saturated rings. The summed E-state index contributed by atoms with van der Waals surface area (Å²) in [6, 6.07) is 0. The highest BCUT2D eigenvalue weighted by atomic mass is 16.5. The molecular formula is C13H19N5O3. The number of aromatic carboxylic acids is 1. The van der Waals surface area contributed by atoms with Gasteiger partial charge in [0.25, 0.3) is 0 Å². The minimum atomic E-state index is -1.08. The minimum absolute atomic E-state index is 0.0209. The van der Waals surface area contributed by atoms with Gasteiger partial charge in [-0.25, -0.2) is 9.48 Å². The van der Waals surface area contributed by atoms with Crippen LogP contribution < -0.4 is 0 Å². The maximum absolute atomic E-state index is 11.1. The molecule has 1 N–H and O–H groups in total. The van der Waals surface area contributed by atoms with Crippen molar-refractivity contribution in [2.24, 2.45) is 0 Å². The lowest BCUT2D eigenvalue weighted by Gasteiger charge is -2.10. The van der Waals surface area contributed by atoms with E-state index in [9.17, 15) is 4.79 Å². The van der Waals surface area contributed by atoms with Gasteiger partial charge in [0.2, 0.25) is 5.89 Å². The molecule has 0 bridgehead atoms. The lowest BCUT2D eigenvalue weighted by atomic mass is 9.96. The SMILES string of the molecule is CCCc1c(C(=O)O)nnn1Cc1nc(C(C)(C)C)no1. The molecule has 0 aliphatic rings. The zero-order valence-electron chi connectivity index (χ0n) is 12.6. The molecule has 0 saturated heterocycles. The fraction of sp³-hybridized carbons (Fsp3) is 0.615. The van der Waals surface area contributed by atoms with E-state index in [-0.39, 0.29) is 17.7 Å². The summed E-state index contributed by atoms with van der Waals surface area (Å²) < 4.78 is 6.71. The van der Waals surface area contributed by atoms with Crippen LogP contribution in [0.1, 0.15) is 62.0 Å². The van der Waals surface area contributed by atoms with Gasteiger partial charge < -0.3 is 9.63 Å². The van der Waals surface area contributed by atoms with Gasteiger partial charge in [0.05, 0.1) is 5.69 Å². The number of hydrogen-bond acceptors (Lipinski definition) is 6. The molecule has 0 spiro atoms. The Balaban J connectivity index is 2.27. The highest BCUT2D eigenvalue weighted by Gasteiger charge is 2.23. The van der Waals surface area contributed by atoms with Crippen LogP contribution >= 0.6 is 0 Å². The molecule has 2 rings (SSSR count). The number of carboxylic acid groups (broad SMARTS) is 1. The Bertz CT molecular complexity index is 639. The van der Waals surface area contributed by atoms with Crippen LogP contribution in [0, 0.1) is 0 Å². The maximum Gasteiger partial charge on any atom is 0.358 e. The number of carboxylic acids is 1. The Morgan fingerprint density at radius 2 is 2.10 bits per heavy atom. The third kappa shape index (κ3) is 3.26. The monoisotopic (exact) mass is 293 g/mol. The first kappa shape index (κ1) is 15.1. The van der Waals surface area contributed by atoms with Crippen molar-refractivity contribution >= 4 is 5.97 Å². The van der Waals surface area contributed by atoms with Crippen LogP contribution in [-0.2, 0) is 18.4 Å². The number of aromatic nitrogens is 5. The van der Waals surface area contributed by atoms with Crippen molar-refractivity contribution in [1.29, 1.82) is 0 Å². The lowest BCUT2D eigenvalue weighted by molar-refractivity contribution is 0.0689. The minimum Gasteiger partial charge on any atom is -0.476 e. The Morgan fingerprint density at radius 1 is 1.38 bits per heavy atom. The summed E-state index contributed by atoms with van der Waals surface area (Å²) in [6.07, 6.45) is 1.37. The molecule has 0 aliphatic carbocycles. The van der Waals surface area contributed by atoms with E-state index < -0.39 is 5.97 Å². The van der Waals surface area contributed by atoms with Crippen LogP contribution in [0.3, 0.4) is 0 Å². The van der Waals surface area contributed by atoms with Gasteiger partial charge in [-0.3, -0.25) is 0 Å². The van der Waals surface area contributed by atoms with Crippen LogP contribution in [0.15, 0.2) is 4.52 Å². The Kier molecular flexibility index (Phi) is 4.06. The average molecular weight is 293 g/mol. The van der Waals surface area contributed by atoms with Crippen molar-refractivity contribution in [2.75, 3.05) is 0 Å². The standard InChI is InChI=1S/C13H19N5O3/c1-5-6-8-10(11(19)20)15-17-18(8)7-9-14-12(16-21-9)13(2,3)4/h5-7H2,1-4H3,(H,19,20). The highest BCUT2D eigenvalue weighted by molar-refractivity contribution is 5.86. The van der Waals surface area contributed by atoms with Crippen LogP contribution in [0.2, 0.25) is 0 Å². The van der Waals surface area contributed by atoms with Crippen molar-refractivity contribution in [3.8, 4) is 0 Å². The summed E-state index contributed by atoms with van der Waals surface area (Å²) in [5.74, 6) is -0.0853. The summed E-state index contributed by atoms with van der Waals surface area (Å²) in [5.41, 5.74) is 0.343. The second-order valence-corrected chi connectivity index (χ2v) is 5.86. The lowest BCUT2D eigenvalue weighted by Crippen LogP contribution is -2.14. The molecule has 2 aromatic heterocycles. The molecule has 0 atom stereocenters. The van der Waals surface area contributed by atoms with Gasteiger partial charge in [0.15, 0.2) is 11.5 Å². The number of nitrogens with zero attached hydrogens (tertiary/aromatic N) is 5. The molecule has 2 aromatic rings. The molecule has 0 aliphatic heterocycles. The van der Waals surface area contributed by atoms with Gasteiger partial charge >= 0.3 is 5.97 Å². The van der Waals surface area contributed by atoms with Gasteiger partial charge in [-0.1, -0.05) is 44.5 Å². The number of hydrogen-bond donors (Lipinski definition) is 1. The smallest absolute Gasteiger partial charge is 0.358 e. The van der Waals surface area contributed by atoms with Gasteiger partial charge in [-0.15, -0.1) is 5.10 Å². The number of carbonyl (C=O) groups is 1. The highest BCUT2D eigenvalue weighted by Crippen LogP contribution is 2.19. The van der Waals surface area contributed by atoms with Gasteiger partial charge in [0.1, 0.15) is 6.54 Å². The van der Waals surface area contributed by atoms with Gasteiger partial charge in [-0.2, -0.15) is 4.98 Å². The molecular weight excluding hydrogens is 274 g/mol. The molecule has 0 unspecified atom stereocenters. The topological polar surface area (TPSA) is 107 Å². The normalized spacial score (nSPS) is 11.8. The fourth-order valence-corrected chi connectivity index (χ4v) is 1.86. The summed E-state index contributed by atoms with van der Waals surface area (Å²) >= 11 is 0. The van der Waals surface area contributed by atoms with Crippen molar-refractivity contribution < 1.29 is 14.4 Å². The van der Waals surface area contributed by atoms with E-state index in [1.807, 2.05) is 27.7 Å². The fourth-order valence-electron chi connectivity index (χ4n) is 1.86. The molecule has 8 nitrogen and oxygen atoms in total. The number of rotatable bonds is 5. The molecule has 21 heavy (non-hydrogen) atoms. The second kappa shape index (κ2) is 5.63. The van der Waals surface area contributed by atoms with Crippen LogP contribution in [0.5, 0.6) is 0 Å². The second-order valence-electron chi connectivity index (χ2n) is 5.86. The van der Waals surface area contributed by atoms with Crippen molar-refractivity contribution in [1.82, 2.24) is 25.1 Å². The van der Waals surface area contributed by atoms with E-state index >= 15 is 0 Å². The van der Waals surface area contributed by atoms with E-state index in [1.54, 1.807) is 0 Å². The van der Waals surface area contributed by atoms with E-state index in [1.165, 1.54) is 4.68 Å². The van der Waals surface area contributed by atoms with Crippen LogP contribution in [0.25, 0.3) is 0 Å². The molecule has 0 saturated carbocycles. The van der Waals surface area contributed by atoms with Crippen molar-refractivity contribution in [3.05, 3.63) is 23.1 Å². The van der Waals surface area contributed by atoms with Crippen molar-refractivity contribution in [3.63, 3.8) is 0 Å². The first-order valence-corrected chi connectivity index (χ1v) is 6.81. The predicted molar refractivity (Wildman–Crippen MR) is 73.1 cm³/mol. The molecule has 0 amide bonds. The van der Waals surface area contributed by atoms with Crippen LogP contribution in [-0.4, -0.2) is 36.2 Å². The van der Waals surface area contributed by atoms with Crippen LogP contribution in [0.4, 0.5) is 0 Å². The maximum atomic E-state index is 11.1. The predicted octanol–water partition coefficient (Wildman–Crippen LogP) is 1.66. The summed E-state index contributed by atoms with van der Waals surface area (Å²) in [4.78, 5) is 15.4. The van der Waals surface area contributed by atoms with Gasteiger partial charge in [0, 0.05) is 5.41 Å². The van der Waals surface area contributed by atoms with E-state index in [0.29, 0.717) is 23.8 Å². The molecule has 2 heterocycles. The van der Waals surface area contributed by atoms with E-state index in [2.05, 4.69) is 20.5 Å². The Morgan fingerprint density at radius 3 is 2.62 bits per heavy atom. The molecule has 0 aromatic carbocycles. The zero-order valence-corrected chi connectivity index (χ0v) is 12.6. The largest absolute Gasteiger partial charge is 0.476 e. The molecule has 8 heteroatoms. The molecule has 114 valence electrons. The summed E-state index contributed by atoms with van der Waals surface area (Å²) in [7, 11) is 0. The Labute approximate surface area is 122 Å². The summed E-state index contributed by atoms with van der Waals surface area (Å²) in [6.45, 7) is 8.15.